The van der Waals surface area contributed by atoms with Crippen molar-refractivity contribution in [3.8, 4) is 17.0 Å². The lowest BCUT2D eigenvalue weighted by Gasteiger charge is -2.16. The van der Waals surface area contributed by atoms with Gasteiger partial charge in [-0.15, -0.1) is 0 Å². The zero-order valence-corrected chi connectivity index (χ0v) is 10.8. The van der Waals surface area contributed by atoms with Crippen LogP contribution in [0.2, 0.25) is 5.28 Å². The van der Waals surface area contributed by atoms with Crippen LogP contribution in [0.1, 0.15) is 0 Å². The summed E-state index contributed by atoms with van der Waals surface area (Å²) in [5.41, 5.74) is 3.02. The fourth-order valence-corrected chi connectivity index (χ4v) is 2.71. The van der Waals surface area contributed by atoms with Crippen LogP contribution in [0.5, 0.6) is 5.75 Å². The predicted molar refractivity (Wildman–Crippen MR) is 73.5 cm³/mol. The number of benzene rings is 1. The molecule has 0 N–H and O–H groups in total. The van der Waals surface area contributed by atoms with E-state index in [1.807, 2.05) is 18.2 Å². The van der Waals surface area contributed by atoms with Crippen LogP contribution in [0.3, 0.4) is 0 Å². The van der Waals surface area contributed by atoms with Crippen LogP contribution in [-0.2, 0) is 6.54 Å². The van der Waals surface area contributed by atoms with E-state index < -0.39 is 0 Å². The summed E-state index contributed by atoms with van der Waals surface area (Å²) in [6, 6.07) is 7.94. The number of nitrogens with zero attached hydrogens (tertiary/aromatic N) is 3. The van der Waals surface area contributed by atoms with Gasteiger partial charge in [0.1, 0.15) is 12.4 Å². The number of rotatable bonds is 1. The minimum absolute atomic E-state index is 0.265. The van der Waals surface area contributed by atoms with Crippen molar-refractivity contribution in [2.45, 2.75) is 6.54 Å². The molecule has 1 aliphatic heterocycles. The highest BCUT2D eigenvalue weighted by Gasteiger charge is 2.18. The van der Waals surface area contributed by atoms with Crippen LogP contribution in [0.25, 0.3) is 22.2 Å². The lowest BCUT2D eigenvalue weighted by Crippen LogP contribution is -2.12. The molecule has 94 valence electrons. The summed E-state index contributed by atoms with van der Waals surface area (Å²) in [5.74, 6) is 0.926. The second-order valence-corrected chi connectivity index (χ2v) is 4.79. The lowest BCUT2D eigenvalue weighted by atomic mass is 10.1. The fraction of sp³-hybridized carbons (Fsp3) is 0.143. The van der Waals surface area contributed by atoms with Gasteiger partial charge in [0, 0.05) is 23.3 Å². The Bertz CT molecular complexity index is 781. The largest absolute Gasteiger partial charge is 0.490 e. The van der Waals surface area contributed by atoms with E-state index in [0.29, 0.717) is 6.61 Å². The predicted octanol–water partition coefficient (Wildman–Crippen LogP) is 3.14. The molecule has 0 aliphatic carbocycles. The number of aromatic nitrogens is 3. The molecule has 4 rings (SSSR count). The van der Waals surface area contributed by atoms with Crippen LogP contribution in [0, 0.1) is 0 Å². The number of hydrogen-bond donors (Lipinski definition) is 0. The van der Waals surface area contributed by atoms with E-state index in [9.17, 15) is 0 Å². The number of ether oxygens (including phenoxy) is 1. The number of hydrogen-bond acceptors (Lipinski definition) is 3. The first-order valence-corrected chi connectivity index (χ1v) is 6.44. The quantitative estimate of drug-likeness (QED) is 0.638. The summed E-state index contributed by atoms with van der Waals surface area (Å²) < 4.78 is 7.90. The summed E-state index contributed by atoms with van der Waals surface area (Å²) in [4.78, 5) is 8.22. The number of halogens is 1. The van der Waals surface area contributed by atoms with Crippen molar-refractivity contribution in [1.82, 2.24) is 14.5 Å². The summed E-state index contributed by atoms with van der Waals surface area (Å²) in [6.07, 6.45) is 3.78. The fourth-order valence-electron chi connectivity index (χ4n) is 2.56. The molecule has 3 aromatic rings. The molecule has 3 heterocycles. The lowest BCUT2D eigenvalue weighted by molar-refractivity contribution is 0.287. The van der Waals surface area contributed by atoms with Gasteiger partial charge in [-0.1, -0.05) is 12.1 Å². The Kier molecular flexibility index (Phi) is 2.26. The molecular formula is C14H10ClN3O. The van der Waals surface area contributed by atoms with Gasteiger partial charge in [-0.05, 0) is 23.7 Å². The first-order valence-electron chi connectivity index (χ1n) is 6.06. The third-order valence-electron chi connectivity index (χ3n) is 3.35. The van der Waals surface area contributed by atoms with E-state index in [2.05, 4.69) is 26.8 Å². The second-order valence-electron chi connectivity index (χ2n) is 4.45. The van der Waals surface area contributed by atoms with E-state index in [0.717, 1.165) is 34.5 Å². The molecule has 0 amide bonds. The van der Waals surface area contributed by atoms with E-state index in [1.165, 1.54) is 0 Å². The Morgan fingerprint density at radius 3 is 3.11 bits per heavy atom. The molecule has 0 saturated carbocycles. The van der Waals surface area contributed by atoms with Crippen molar-refractivity contribution in [2.75, 3.05) is 6.61 Å². The van der Waals surface area contributed by atoms with Crippen LogP contribution in [0.15, 0.2) is 36.7 Å². The maximum Gasteiger partial charge on any atom is 0.222 e. The van der Waals surface area contributed by atoms with Crippen molar-refractivity contribution in [1.29, 1.82) is 0 Å². The van der Waals surface area contributed by atoms with E-state index >= 15 is 0 Å². The molecule has 0 radical (unpaired) electrons. The third-order valence-corrected chi connectivity index (χ3v) is 3.54. The van der Waals surface area contributed by atoms with Gasteiger partial charge < -0.3 is 9.30 Å². The van der Waals surface area contributed by atoms with E-state index in [-0.39, 0.29) is 5.28 Å². The molecule has 5 heteroatoms. The molecule has 0 spiro atoms. The normalized spacial score (nSPS) is 13.5. The van der Waals surface area contributed by atoms with Crippen molar-refractivity contribution in [3.63, 3.8) is 0 Å². The second kappa shape index (κ2) is 3.96. The Labute approximate surface area is 114 Å². The SMILES string of the molecule is Clc1nccc(-c2cn3c4c(cccc24)OCC3)n1. The van der Waals surface area contributed by atoms with Gasteiger partial charge in [0.05, 0.1) is 17.8 Å². The Morgan fingerprint density at radius 2 is 2.21 bits per heavy atom. The first kappa shape index (κ1) is 10.8. The zero-order chi connectivity index (χ0) is 12.8. The highest BCUT2D eigenvalue weighted by atomic mass is 35.5. The molecule has 4 nitrogen and oxygen atoms in total. The van der Waals surface area contributed by atoms with Gasteiger partial charge >= 0.3 is 0 Å². The average molecular weight is 272 g/mol. The topological polar surface area (TPSA) is 39.9 Å². The molecule has 2 aromatic heterocycles. The Balaban J connectivity index is 2.04. The highest BCUT2D eigenvalue weighted by Crippen LogP contribution is 2.36. The summed E-state index contributed by atoms with van der Waals surface area (Å²) in [7, 11) is 0. The van der Waals surface area contributed by atoms with Crippen molar-refractivity contribution in [2.24, 2.45) is 0 Å². The van der Waals surface area contributed by atoms with Gasteiger partial charge in [-0.2, -0.15) is 0 Å². The molecule has 1 aromatic carbocycles. The van der Waals surface area contributed by atoms with Crippen LogP contribution in [0.4, 0.5) is 0 Å². The van der Waals surface area contributed by atoms with Crippen molar-refractivity contribution >= 4 is 22.5 Å². The van der Waals surface area contributed by atoms with Crippen LogP contribution >= 0.6 is 11.6 Å². The van der Waals surface area contributed by atoms with Crippen LogP contribution in [-0.4, -0.2) is 21.1 Å². The minimum atomic E-state index is 0.265. The maximum absolute atomic E-state index is 5.88. The average Bonchev–Trinajstić information content (AvgIpc) is 2.81. The van der Waals surface area contributed by atoms with Gasteiger partial charge in [-0.3, -0.25) is 0 Å². The summed E-state index contributed by atoms with van der Waals surface area (Å²) >= 11 is 5.88. The first-order chi connectivity index (χ1) is 9.33. The van der Waals surface area contributed by atoms with Gasteiger partial charge in [0.15, 0.2) is 0 Å². The number of para-hydroxylation sites is 1. The van der Waals surface area contributed by atoms with Crippen LogP contribution < -0.4 is 4.74 Å². The Hall–Kier alpha value is -2.07. The minimum Gasteiger partial charge on any atom is -0.490 e. The van der Waals surface area contributed by atoms with Gasteiger partial charge in [-0.25, -0.2) is 9.97 Å². The van der Waals surface area contributed by atoms with Gasteiger partial charge in [0.2, 0.25) is 5.28 Å². The van der Waals surface area contributed by atoms with E-state index in [4.69, 9.17) is 16.3 Å². The molecule has 1 aliphatic rings. The summed E-state index contributed by atoms with van der Waals surface area (Å²) in [5, 5.41) is 1.40. The smallest absolute Gasteiger partial charge is 0.222 e. The molecular weight excluding hydrogens is 262 g/mol. The zero-order valence-electron chi connectivity index (χ0n) is 10.0. The molecule has 0 atom stereocenters. The highest BCUT2D eigenvalue weighted by molar-refractivity contribution is 6.28. The van der Waals surface area contributed by atoms with Crippen molar-refractivity contribution in [3.05, 3.63) is 41.9 Å². The monoisotopic (exact) mass is 271 g/mol. The molecule has 0 fully saturated rings. The molecule has 0 unspecified atom stereocenters. The molecule has 0 bridgehead atoms. The standard InChI is InChI=1S/C14H10ClN3O/c15-14-16-5-4-11(17-14)10-8-18-6-7-19-12-3-1-2-9(10)13(12)18/h1-5,8H,6-7H2. The Morgan fingerprint density at radius 1 is 1.26 bits per heavy atom. The molecule has 19 heavy (non-hydrogen) atoms. The maximum atomic E-state index is 5.88. The summed E-state index contributed by atoms with van der Waals surface area (Å²) in [6.45, 7) is 1.55. The molecule has 0 saturated heterocycles. The van der Waals surface area contributed by atoms with Crippen molar-refractivity contribution < 1.29 is 4.74 Å². The third kappa shape index (κ3) is 1.60. The van der Waals surface area contributed by atoms with E-state index in [1.54, 1.807) is 6.20 Å². The van der Waals surface area contributed by atoms with Gasteiger partial charge in [0.25, 0.3) is 0 Å².